The lowest BCUT2D eigenvalue weighted by molar-refractivity contribution is 0.0828. The van der Waals surface area contributed by atoms with Gasteiger partial charge in [0.15, 0.2) is 11.5 Å². The lowest BCUT2D eigenvalue weighted by atomic mass is 9.86. The first-order valence-electron chi connectivity index (χ1n) is 9.57. The van der Waals surface area contributed by atoms with E-state index in [0.29, 0.717) is 29.3 Å². The molecule has 1 aromatic heterocycles. The minimum absolute atomic E-state index is 0.181. The molecule has 0 aliphatic carbocycles. The van der Waals surface area contributed by atoms with Gasteiger partial charge < -0.3 is 29.6 Å². The number of carbonyl (C=O) groups is 2. The molecule has 0 aliphatic rings. The molecule has 2 rings (SSSR count). The smallest absolute Gasteiger partial charge is 0.319 e. The van der Waals surface area contributed by atoms with Gasteiger partial charge in [0.05, 0.1) is 37.8 Å². The van der Waals surface area contributed by atoms with Crippen LogP contribution in [0.5, 0.6) is 11.5 Å². The Labute approximate surface area is 177 Å². The van der Waals surface area contributed by atoms with Crippen molar-refractivity contribution in [2.45, 2.75) is 33.4 Å². The topological polar surface area (TPSA) is 97.7 Å². The van der Waals surface area contributed by atoms with Gasteiger partial charge in [-0.25, -0.2) is 9.78 Å². The van der Waals surface area contributed by atoms with Crippen LogP contribution >= 0.6 is 0 Å². The van der Waals surface area contributed by atoms with Gasteiger partial charge in [0.1, 0.15) is 0 Å². The third kappa shape index (κ3) is 5.65. The highest BCUT2D eigenvalue weighted by Gasteiger charge is 2.27. The van der Waals surface area contributed by atoms with Crippen LogP contribution in [-0.4, -0.2) is 60.7 Å². The first-order chi connectivity index (χ1) is 14.1. The number of imidazole rings is 1. The van der Waals surface area contributed by atoms with Crippen LogP contribution in [0.2, 0.25) is 0 Å². The summed E-state index contributed by atoms with van der Waals surface area (Å²) < 4.78 is 12.5. The number of carbonyl (C=O) groups excluding carboxylic acids is 2. The van der Waals surface area contributed by atoms with E-state index in [1.165, 1.54) is 19.1 Å². The van der Waals surface area contributed by atoms with Gasteiger partial charge in [0, 0.05) is 39.1 Å². The number of amides is 3. The van der Waals surface area contributed by atoms with Crippen molar-refractivity contribution in [2.24, 2.45) is 5.41 Å². The minimum atomic E-state index is -0.421. The van der Waals surface area contributed by atoms with Crippen LogP contribution in [0.25, 0.3) is 0 Å². The van der Waals surface area contributed by atoms with E-state index in [1.54, 1.807) is 38.8 Å². The number of anilines is 1. The van der Waals surface area contributed by atoms with Crippen molar-refractivity contribution < 1.29 is 19.1 Å². The summed E-state index contributed by atoms with van der Waals surface area (Å²) in [5.74, 6) is 0.548. The first kappa shape index (κ1) is 23.1. The van der Waals surface area contributed by atoms with Crippen LogP contribution in [0, 0.1) is 5.41 Å². The molecule has 164 valence electrons. The molecule has 1 heterocycles. The zero-order valence-electron chi connectivity index (χ0n) is 18.6. The zero-order valence-corrected chi connectivity index (χ0v) is 18.6. The molecule has 1 unspecified atom stereocenters. The molecule has 2 aromatic rings. The molecule has 0 aliphatic heterocycles. The lowest BCUT2D eigenvalue weighted by Gasteiger charge is -2.32. The van der Waals surface area contributed by atoms with Crippen LogP contribution in [0.1, 0.15) is 31.1 Å². The molecule has 0 bridgehead atoms. The van der Waals surface area contributed by atoms with Crippen LogP contribution in [-0.2, 0) is 6.54 Å². The molecular weight excluding hydrogens is 386 g/mol. The van der Waals surface area contributed by atoms with Crippen molar-refractivity contribution in [3.05, 3.63) is 36.4 Å². The summed E-state index contributed by atoms with van der Waals surface area (Å²) in [6.07, 6.45) is 5.25. The third-order valence-corrected chi connectivity index (χ3v) is 4.71. The van der Waals surface area contributed by atoms with Crippen LogP contribution in [0.3, 0.4) is 0 Å². The molecule has 0 saturated carbocycles. The Morgan fingerprint density at radius 3 is 2.30 bits per heavy atom. The van der Waals surface area contributed by atoms with Crippen molar-refractivity contribution in [3.63, 3.8) is 0 Å². The predicted molar refractivity (Wildman–Crippen MR) is 115 cm³/mol. The Morgan fingerprint density at radius 2 is 1.80 bits per heavy atom. The monoisotopic (exact) mass is 417 g/mol. The molecule has 30 heavy (non-hydrogen) atoms. The van der Waals surface area contributed by atoms with Crippen molar-refractivity contribution >= 4 is 17.6 Å². The summed E-state index contributed by atoms with van der Waals surface area (Å²) in [4.78, 5) is 31.0. The van der Waals surface area contributed by atoms with Gasteiger partial charge in [0.2, 0.25) is 0 Å². The maximum Gasteiger partial charge on any atom is 0.319 e. The number of nitrogens with one attached hydrogen (secondary N) is 2. The summed E-state index contributed by atoms with van der Waals surface area (Å²) in [6.45, 7) is 6.71. The van der Waals surface area contributed by atoms with E-state index < -0.39 is 6.03 Å². The maximum atomic E-state index is 12.9. The first-order valence-corrected chi connectivity index (χ1v) is 9.57. The Hall–Kier alpha value is -3.23. The molecule has 9 nitrogen and oxygen atoms in total. The minimum Gasteiger partial charge on any atom is -0.493 e. The van der Waals surface area contributed by atoms with E-state index >= 15 is 0 Å². The van der Waals surface area contributed by atoms with Crippen molar-refractivity contribution in [1.29, 1.82) is 0 Å². The second-order valence-electron chi connectivity index (χ2n) is 8.23. The molecule has 3 amide bonds. The highest BCUT2D eigenvalue weighted by molar-refractivity contribution is 6.04. The van der Waals surface area contributed by atoms with Gasteiger partial charge >= 0.3 is 6.03 Å². The van der Waals surface area contributed by atoms with E-state index in [2.05, 4.69) is 15.6 Å². The summed E-state index contributed by atoms with van der Waals surface area (Å²) in [5, 5.41) is 5.81. The lowest BCUT2D eigenvalue weighted by Crippen LogP contribution is -2.48. The van der Waals surface area contributed by atoms with Gasteiger partial charge in [-0.05, 0) is 11.5 Å². The largest absolute Gasteiger partial charge is 0.493 e. The quantitative estimate of drug-likeness (QED) is 0.722. The van der Waals surface area contributed by atoms with Gasteiger partial charge in [-0.15, -0.1) is 0 Å². The number of urea groups is 1. The molecule has 9 heteroatoms. The number of aromatic nitrogens is 2. The number of methoxy groups -OCH3 is 2. The number of benzene rings is 1. The SMILES string of the molecule is COc1cc(NC(=O)NC(Cn2ccnc2)C(C)(C)C)c(C(=O)N(C)C)cc1OC. The summed E-state index contributed by atoms with van der Waals surface area (Å²) in [6, 6.07) is 2.54. The number of hydrogen-bond donors (Lipinski definition) is 2. The van der Waals surface area contributed by atoms with E-state index in [0.717, 1.165) is 0 Å². The highest BCUT2D eigenvalue weighted by atomic mass is 16.5. The molecule has 0 fully saturated rings. The molecule has 0 saturated heterocycles. The van der Waals surface area contributed by atoms with Crippen LogP contribution < -0.4 is 20.1 Å². The number of rotatable bonds is 7. The highest BCUT2D eigenvalue weighted by Crippen LogP contribution is 2.34. The van der Waals surface area contributed by atoms with Crippen molar-refractivity contribution in [3.8, 4) is 11.5 Å². The van der Waals surface area contributed by atoms with Gasteiger partial charge in [0.25, 0.3) is 5.91 Å². The van der Waals surface area contributed by atoms with Crippen molar-refractivity contribution in [1.82, 2.24) is 19.8 Å². The van der Waals surface area contributed by atoms with Gasteiger partial charge in [-0.3, -0.25) is 4.79 Å². The Kier molecular flexibility index (Phi) is 7.31. The number of hydrogen-bond acceptors (Lipinski definition) is 5. The van der Waals surface area contributed by atoms with Crippen LogP contribution in [0.4, 0.5) is 10.5 Å². The van der Waals surface area contributed by atoms with E-state index in [-0.39, 0.29) is 17.4 Å². The van der Waals surface area contributed by atoms with E-state index in [4.69, 9.17) is 9.47 Å². The molecule has 0 spiro atoms. The standard InChI is InChI=1S/C21H31N5O4/c1-21(2,3)18(12-26-9-8-22-13-26)24-20(28)23-15-11-17(30-7)16(29-6)10-14(15)19(27)25(4)5/h8-11,13,18H,12H2,1-7H3,(H2,23,24,28). The number of nitrogens with zero attached hydrogens (tertiary/aromatic N) is 3. The molecule has 2 N–H and O–H groups in total. The summed E-state index contributed by atoms with van der Waals surface area (Å²) >= 11 is 0. The molecule has 1 aromatic carbocycles. The molecule has 0 radical (unpaired) electrons. The Morgan fingerprint density at radius 1 is 1.17 bits per heavy atom. The average molecular weight is 418 g/mol. The second kappa shape index (κ2) is 9.51. The second-order valence-corrected chi connectivity index (χ2v) is 8.23. The Bertz CT molecular complexity index is 872. The molecule has 1 atom stereocenters. The maximum absolute atomic E-state index is 12.9. The Balaban J connectivity index is 2.30. The fraction of sp³-hybridized carbons (Fsp3) is 0.476. The van der Waals surface area contributed by atoms with E-state index in [9.17, 15) is 9.59 Å². The fourth-order valence-corrected chi connectivity index (χ4v) is 2.86. The van der Waals surface area contributed by atoms with E-state index in [1.807, 2.05) is 31.5 Å². The third-order valence-electron chi connectivity index (χ3n) is 4.71. The summed E-state index contributed by atoms with van der Waals surface area (Å²) in [7, 11) is 6.27. The van der Waals surface area contributed by atoms with Gasteiger partial charge in [-0.1, -0.05) is 20.8 Å². The average Bonchev–Trinajstić information content (AvgIpc) is 3.18. The zero-order chi connectivity index (χ0) is 22.5. The number of ether oxygens (including phenoxy) is 2. The van der Waals surface area contributed by atoms with Gasteiger partial charge in [-0.2, -0.15) is 0 Å². The molecular formula is C21H31N5O4. The van der Waals surface area contributed by atoms with Crippen LogP contribution in [0.15, 0.2) is 30.9 Å². The normalized spacial score (nSPS) is 12.1. The summed E-state index contributed by atoms with van der Waals surface area (Å²) in [5.41, 5.74) is 0.426. The predicted octanol–water partition coefficient (Wildman–Crippen LogP) is 2.84. The fourth-order valence-electron chi connectivity index (χ4n) is 2.86. The van der Waals surface area contributed by atoms with Crippen molar-refractivity contribution in [2.75, 3.05) is 33.6 Å².